The van der Waals surface area contributed by atoms with E-state index in [4.69, 9.17) is 4.52 Å². The fraction of sp³-hybridized carbons (Fsp3) is 0.364. The second-order valence-corrected chi connectivity index (χ2v) is 8.80. The minimum atomic E-state index is -0.249. The summed E-state index contributed by atoms with van der Waals surface area (Å²) in [6, 6.07) is 7.04. The quantitative estimate of drug-likeness (QED) is 0.220. The molecule has 0 saturated carbocycles. The molecule has 0 fully saturated rings. The van der Waals surface area contributed by atoms with Crippen LogP contribution in [0.4, 0.5) is 0 Å². The van der Waals surface area contributed by atoms with Crippen LogP contribution in [0.1, 0.15) is 49.3 Å². The van der Waals surface area contributed by atoms with Crippen molar-refractivity contribution >= 4 is 32.9 Å². The van der Waals surface area contributed by atoms with Gasteiger partial charge in [0.2, 0.25) is 11.7 Å². The molecular formula is C22H23BrN8O3. The molecule has 0 unspecified atom stereocenters. The molecule has 4 aromatic heterocycles. The number of aromatic amines is 1. The van der Waals surface area contributed by atoms with Gasteiger partial charge in [0, 0.05) is 31.4 Å². The largest absolute Gasteiger partial charge is 0.508 e. The summed E-state index contributed by atoms with van der Waals surface area (Å²) in [5.41, 5.74) is 1.43. The first-order valence-corrected chi connectivity index (χ1v) is 11.9. The minimum absolute atomic E-state index is 0.191. The van der Waals surface area contributed by atoms with Gasteiger partial charge in [-0.05, 0) is 28.4 Å². The highest BCUT2D eigenvalue weighted by Crippen LogP contribution is 2.19. The summed E-state index contributed by atoms with van der Waals surface area (Å²) in [7, 11) is 0. The number of aromatic nitrogens is 8. The highest BCUT2D eigenvalue weighted by molar-refractivity contribution is 9.10. The number of para-hydroxylation sites is 1. The molecule has 0 spiro atoms. The number of imidazole rings is 1. The normalized spacial score (nSPS) is 11.7. The van der Waals surface area contributed by atoms with E-state index in [0.717, 1.165) is 24.8 Å². The van der Waals surface area contributed by atoms with Gasteiger partial charge in [-0.15, -0.1) is 10.2 Å². The zero-order chi connectivity index (χ0) is 23.7. The SMILES string of the molecule is CCCCCn1c2nc(Br)[nH]c2c(=O)n2c(CCc3nc(Cc4ccccc4O)no3)nnc12. The van der Waals surface area contributed by atoms with E-state index in [0.29, 0.717) is 65.0 Å². The van der Waals surface area contributed by atoms with Gasteiger partial charge in [-0.25, -0.2) is 9.38 Å². The molecule has 5 rings (SSSR count). The van der Waals surface area contributed by atoms with Gasteiger partial charge < -0.3 is 14.6 Å². The summed E-state index contributed by atoms with van der Waals surface area (Å²) >= 11 is 3.34. The zero-order valence-electron chi connectivity index (χ0n) is 18.5. The molecule has 0 amide bonds. The number of nitrogens with zero attached hydrogens (tertiary/aromatic N) is 7. The molecule has 34 heavy (non-hydrogen) atoms. The highest BCUT2D eigenvalue weighted by Gasteiger charge is 2.20. The second-order valence-electron chi connectivity index (χ2n) is 8.05. The van der Waals surface area contributed by atoms with Crippen LogP contribution in [-0.4, -0.2) is 44.4 Å². The van der Waals surface area contributed by atoms with Crippen molar-refractivity contribution < 1.29 is 9.63 Å². The number of aromatic hydroxyl groups is 1. The van der Waals surface area contributed by atoms with Crippen LogP contribution in [0.5, 0.6) is 5.75 Å². The van der Waals surface area contributed by atoms with Gasteiger partial charge in [-0.3, -0.25) is 9.36 Å². The van der Waals surface area contributed by atoms with Crippen LogP contribution >= 0.6 is 15.9 Å². The van der Waals surface area contributed by atoms with Crippen LogP contribution in [0.25, 0.3) is 16.9 Å². The topological polar surface area (TPSA) is 140 Å². The minimum Gasteiger partial charge on any atom is -0.508 e. The third kappa shape index (κ3) is 4.20. The summed E-state index contributed by atoms with van der Waals surface area (Å²) in [5, 5.41) is 22.6. The van der Waals surface area contributed by atoms with E-state index in [1.54, 1.807) is 12.1 Å². The number of hydrogen-bond acceptors (Lipinski definition) is 8. The Morgan fingerprint density at radius 2 is 2.00 bits per heavy atom. The van der Waals surface area contributed by atoms with Gasteiger partial charge >= 0.3 is 0 Å². The lowest BCUT2D eigenvalue weighted by Gasteiger charge is -2.09. The van der Waals surface area contributed by atoms with Gasteiger partial charge in [0.1, 0.15) is 11.6 Å². The molecular weight excluding hydrogens is 504 g/mol. The number of nitrogens with one attached hydrogen (secondary N) is 1. The molecule has 0 radical (unpaired) electrons. The van der Waals surface area contributed by atoms with Crippen molar-refractivity contribution in [3.63, 3.8) is 0 Å². The fourth-order valence-corrected chi connectivity index (χ4v) is 4.34. The van der Waals surface area contributed by atoms with E-state index in [1.807, 2.05) is 16.7 Å². The molecule has 176 valence electrons. The van der Waals surface area contributed by atoms with Crippen LogP contribution in [0.2, 0.25) is 0 Å². The van der Waals surface area contributed by atoms with Crippen LogP contribution in [0.3, 0.4) is 0 Å². The number of rotatable bonds is 9. The number of fused-ring (bicyclic) bond motifs is 2. The number of hydrogen-bond donors (Lipinski definition) is 2. The van der Waals surface area contributed by atoms with E-state index < -0.39 is 0 Å². The number of phenols is 1. The Kier molecular flexibility index (Phi) is 6.14. The first-order chi connectivity index (χ1) is 16.5. The van der Waals surface area contributed by atoms with Crippen LogP contribution in [-0.2, 0) is 25.8 Å². The summed E-state index contributed by atoms with van der Waals surface area (Å²) in [6.45, 7) is 2.82. The second kappa shape index (κ2) is 9.37. The van der Waals surface area contributed by atoms with Gasteiger partial charge in [-0.2, -0.15) is 4.98 Å². The predicted octanol–water partition coefficient (Wildman–Crippen LogP) is 3.18. The molecule has 0 bridgehead atoms. The average molecular weight is 527 g/mol. The van der Waals surface area contributed by atoms with E-state index in [1.165, 1.54) is 4.40 Å². The van der Waals surface area contributed by atoms with Crippen molar-refractivity contribution in [1.29, 1.82) is 0 Å². The van der Waals surface area contributed by atoms with E-state index in [-0.39, 0.29) is 11.3 Å². The summed E-state index contributed by atoms with van der Waals surface area (Å²) in [6.07, 6.45) is 4.24. The Morgan fingerprint density at radius 1 is 1.15 bits per heavy atom. The lowest BCUT2D eigenvalue weighted by molar-refractivity contribution is 0.372. The van der Waals surface area contributed by atoms with Gasteiger partial charge in [0.15, 0.2) is 21.7 Å². The predicted molar refractivity (Wildman–Crippen MR) is 127 cm³/mol. The number of unbranched alkanes of at least 4 members (excludes halogenated alkanes) is 2. The molecule has 4 heterocycles. The monoisotopic (exact) mass is 526 g/mol. The van der Waals surface area contributed by atoms with Crippen molar-refractivity contribution in [2.45, 2.75) is 52.0 Å². The van der Waals surface area contributed by atoms with E-state index in [9.17, 15) is 9.90 Å². The first-order valence-electron chi connectivity index (χ1n) is 11.2. The summed E-state index contributed by atoms with van der Waals surface area (Å²) < 4.78 is 9.33. The Labute approximate surface area is 202 Å². The standard InChI is InChI=1S/C22H23BrN8O3/c1-2-3-6-11-30-19-18(25-21(23)26-19)20(33)31-16(27-28-22(30)31)9-10-17-24-15(29-34-17)12-13-7-4-5-8-14(13)32/h4-5,7-8,32H,2-3,6,9-12H2,1H3,(H,25,26). The van der Waals surface area contributed by atoms with Crippen LogP contribution in [0, 0.1) is 0 Å². The number of H-pyrrole nitrogens is 1. The molecule has 12 heteroatoms. The third-order valence-electron chi connectivity index (χ3n) is 5.68. The molecule has 0 aliphatic rings. The lowest BCUT2D eigenvalue weighted by Crippen LogP contribution is -2.21. The van der Waals surface area contributed by atoms with E-state index >= 15 is 0 Å². The Morgan fingerprint density at radius 3 is 2.82 bits per heavy atom. The smallest absolute Gasteiger partial charge is 0.286 e. The molecule has 11 nitrogen and oxygen atoms in total. The molecule has 0 aliphatic carbocycles. The van der Waals surface area contributed by atoms with Gasteiger partial charge in [0.05, 0.1) is 0 Å². The highest BCUT2D eigenvalue weighted by atomic mass is 79.9. The van der Waals surface area contributed by atoms with Crippen molar-refractivity contribution in [2.24, 2.45) is 0 Å². The van der Waals surface area contributed by atoms with Crippen molar-refractivity contribution in [3.8, 4) is 5.75 Å². The van der Waals surface area contributed by atoms with Crippen LogP contribution < -0.4 is 5.56 Å². The van der Waals surface area contributed by atoms with E-state index in [2.05, 4.69) is 53.2 Å². The summed E-state index contributed by atoms with van der Waals surface area (Å²) in [5.74, 6) is 2.07. The maximum Gasteiger partial charge on any atom is 0.286 e. The maximum absolute atomic E-state index is 13.2. The first kappa shape index (κ1) is 22.3. The lowest BCUT2D eigenvalue weighted by atomic mass is 10.1. The molecule has 0 saturated heterocycles. The van der Waals surface area contributed by atoms with Gasteiger partial charge in [0.25, 0.3) is 5.56 Å². The number of phenolic OH excluding ortho intramolecular Hbond substituents is 1. The third-order valence-corrected chi connectivity index (χ3v) is 6.06. The molecule has 5 aromatic rings. The number of halogens is 1. The molecule has 1 aromatic carbocycles. The molecule has 0 aliphatic heterocycles. The zero-order valence-corrected chi connectivity index (χ0v) is 20.1. The fourth-order valence-electron chi connectivity index (χ4n) is 3.98. The Hall–Kier alpha value is -3.54. The number of aryl methyl sites for hydroxylation is 3. The van der Waals surface area contributed by atoms with Crippen molar-refractivity contribution in [3.05, 3.63) is 62.5 Å². The van der Waals surface area contributed by atoms with Gasteiger partial charge in [-0.1, -0.05) is 43.1 Å². The molecule has 0 atom stereocenters. The molecule has 2 N–H and O–H groups in total. The van der Waals surface area contributed by atoms with Crippen molar-refractivity contribution in [2.75, 3.05) is 0 Å². The van der Waals surface area contributed by atoms with Crippen LogP contribution in [0.15, 0.2) is 38.3 Å². The average Bonchev–Trinajstić information content (AvgIpc) is 3.55. The Bertz CT molecular complexity index is 1520. The Balaban J connectivity index is 1.41. The van der Waals surface area contributed by atoms with Crippen molar-refractivity contribution in [1.82, 2.24) is 39.3 Å². The maximum atomic E-state index is 13.2. The number of benzene rings is 1. The summed E-state index contributed by atoms with van der Waals surface area (Å²) in [4.78, 5) is 25.1.